The number of anilines is 1. The Balaban J connectivity index is 2.28. The molecule has 2 rings (SSSR count). The smallest absolute Gasteiger partial charge is 0.258 e. The largest absolute Gasteiger partial charge is 0.322 e. The summed E-state index contributed by atoms with van der Waals surface area (Å²) in [5, 5.41) is 3.36. The van der Waals surface area contributed by atoms with Crippen molar-refractivity contribution in [3.8, 4) is 0 Å². The van der Waals surface area contributed by atoms with Crippen molar-refractivity contribution in [3.63, 3.8) is 0 Å². The Labute approximate surface area is 130 Å². The standard InChI is InChI=1S/C17H19ClN2O/c1-4-11(2)13-7-5-6-8-16(13)20-17(21)14-10-19-12(3)9-15(14)18/h5-11H,4H2,1-3H3,(H,20,21). The summed E-state index contributed by atoms with van der Waals surface area (Å²) in [5.74, 6) is 0.149. The molecule has 1 aromatic heterocycles. The number of nitrogens with zero attached hydrogens (tertiary/aromatic N) is 1. The van der Waals surface area contributed by atoms with Gasteiger partial charge in [-0.2, -0.15) is 0 Å². The molecule has 0 aliphatic carbocycles. The van der Waals surface area contributed by atoms with E-state index in [1.54, 1.807) is 6.07 Å². The summed E-state index contributed by atoms with van der Waals surface area (Å²) in [6, 6.07) is 9.54. The lowest BCUT2D eigenvalue weighted by Gasteiger charge is -2.16. The number of amides is 1. The molecule has 0 bridgehead atoms. The number of pyridine rings is 1. The van der Waals surface area contributed by atoms with Gasteiger partial charge in [0.15, 0.2) is 0 Å². The molecule has 21 heavy (non-hydrogen) atoms. The molecule has 1 heterocycles. The second-order valence-electron chi connectivity index (χ2n) is 5.16. The maximum atomic E-state index is 12.4. The Morgan fingerprint density at radius 3 is 2.76 bits per heavy atom. The highest BCUT2D eigenvalue weighted by Crippen LogP contribution is 2.27. The Kier molecular flexibility index (Phi) is 4.97. The van der Waals surface area contributed by atoms with Crippen LogP contribution >= 0.6 is 11.6 Å². The number of rotatable bonds is 4. The SMILES string of the molecule is CCC(C)c1ccccc1NC(=O)c1cnc(C)cc1Cl. The van der Waals surface area contributed by atoms with E-state index in [1.165, 1.54) is 6.20 Å². The zero-order chi connectivity index (χ0) is 15.4. The normalized spacial score (nSPS) is 12.0. The summed E-state index contributed by atoms with van der Waals surface area (Å²) >= 11 is 6.12. The number of aromatic nitrogens is 1. The van der Waals surface area contributed by atoms with E-state index in [2.05, 4.69) is 24.1 Å². The predicted octanol–water partition coefficient (Wildman–Crippen LogP) is 4.81. The first-order valence-electron chi connectivity index (χ1n) is 7.05. The molecule has 1 atom stereocenters. The van der Waals surface area contributed by atoms with Crippen molar-refractivity contribution < 1.29 is 4.79 Å². The van der Waals surface area contributed by atoms with Gasteiger partial charge in [0.25, 0.3) is 5.91 Å². The molecule has 0 radical (unpaired) electrons. The summed E-state index contributed by atoms with van der Waals surface area (Å²) in [6.45, 7) is 6.11. The number of hydrogen-bond acceptors (Lipinski definition) is 2. The van der Waals surface area contributed by atoms with E-state index in [0.29, 0.717) is 16.5 Å². The zero-order valence-corrected chi connectivity index (χ0v) is 13.2. The van der Waals surface area contributed by atoms with E-state index >= 15 is 0 Å². The molecule has 1 unspecified atom stereocenters. The lowest BCUT2D eigenvalue weighted by molar-refractivity contribution is 0.102. The Morgan fingerprint density at radius 2 is 2.10 bits per heavy atom. The van der Waals surface area contributed by atoms with E-state index in [1.807, 2.05) is 31.2 Å². The molecule has 0 fully saturated rings. The number of aryl methyl sites for hydroxylation is 1. The summed E-state index contributed by atoms with van der Waals surface area (Å²) in [4.78, 5) is 16.5. The highest BCUT2D eigenvalue weighted by atomic mass is 35.5. The third kappa shape index (κ3) is 3.61. The highest BCUT2D eigenvalue weighted by Gasteiger charge is 2.14. The van der Waals surface area contributed by atoms with E-state index in [-0.39, 0.29) is 5.91 Å². The average Bonchev–Trinajstić information content (AvgIpc) is 2.46. The fraction of sp³-hybridized carbons (Fsp3) is 0.294. The van der Waals surface area contributed by atoms with Crippen LogP contribution in [-0.2, 0) is 0 Å². The van der Waals surface area contributed by atoms with Gasteiger partial charge in [0.2, 0.25) is 0 Å². The molecule has 110 valence electrons. The predicted molar refractivity (Wildman–Crippen MR) is 87.1 cm³/mol. The van der Waals surface area contributed by atoms with Crippen molar-refractivity contribution >= 4 is 23.2 Å². The number of benzene rings is 1. The first-order valence-corrected chi connectivity index (χ1v) is 7.43. The van der Waals surface area contributed by atoms with Crippen LogP contribution in [0.25, 0.3) is 0 Å². The van der Waals surface area contributed by atoms with Crippen LogP contribution in [0, 0.1) is 6.92 Å². The zero-order valence-electron chi connectivity index (χ0n) is 12.5. The van der Waals surface area contributed by atoms with Crippen LogP contribution in [0.1, 0.15) is 47.8 Å². The van der Waals surface area contributed by atoms with Crippen LogP contribution in [-0.4, -0.2) is 10.9 Å². The molecular weight excluding hydrogens is 284 g/mol. The van der Waals surface area contributed by atoms with Crippen LogP contribution in [0.5, 0.6) is 0 Å². The number of halogens is 1. The van der Waals surface area contributed by atoms with Crippen LogP contribution < -0.4 is 5.32 Å². The van der Waals surface area contributed by atoms with E-state index in [9.17, 15) is 4.79 Å². The van der Waals surface area contributed by atoms with Gasteiger partial charge in [-0.05, 0) is 37.0 Å². The van der Waals surface area contributed by atoms with Crippen molar-refractivity contribution in [2.45, 2.75) is 33.1 Å². The summed E-state index contributed by atoms with van der Waals surface area (Å²) in [7, 11) is 0. The van der Waals surface area contributed by atoms with Crippen LogP contribution in [0.2, 0.25) is 5.02 Å². The van der Waals surface area contributed by atoms with Gasteiger partial charge in [0.05, 0.1) is 10.6 Å². The molecule has 0 saturated heterocycles. The summed E-state index contributed by atoms with van der Waals surface area (Å²) < 4.78 is 0. The molecule has 3 nitrogen and oxygen atoms in total. The molecule has 0 aliphatic rings. The van der Waals surface area contributed by atoms with Gasteiger partial charge in [-0.25, -0.2) is 0 Å². The summed E-state index contributed by atoms with van der Waals surface area (Å²) in [6.07, 6.45) is 2.53. The highest BCUT2D eigenvalue weighted by molar-refractivity contribution is 6.34. The molecule has 0 spiro atoms. The molecule has 0 aliphatic heterocycles. The number of nitrogens with one attached hydrogen (secondary N) is 1. The minimum Gasteiger partial charge on any atom is -0.322 e. The van der Waals surface area contributed by atoms with Gasteiger partial charge in [-0.3, -0.25) is 9.78 Å². The molecule has 2 aromatic rings. The van der Waals surface area contributed by atoms with Crippen LogP contribution in [0.15, 0.2) is 36.5 Å². The Morgan fingerprint density at radius 1 is 1.38 bits per heavy atom. The Hall–Kier alpha value is -1.87. The van der Waals surface area contributed by atoms with Gasteiger partial charge in [-0.1, -0.05) is 43.6 Å². The minimum absolute atomic E-state index is 0.233. The fourth-order valence-corrected chi connectivity index (χ4v) is 2.44. The third-order valence-electron chi connectivity index (χ3n) is 3.59. The van der Waals surface area contributed by atoms with Crippen molar-refractivity contribution in [1.82, 2.24) is 4.98 Å². The average molecular weight is 303 g/mol. The quantitative estimate of drug-likeness (QED) is 0.880. The topological polar surface area (TPSA) is 42.0 Å². The monoisotopic (exact) mass is 302 g/mol. The molecule has 1 amide bonds. The van der Waals surface area contributed by atoms with Crippen LogP contribution in [0.3, 0.4) is 0 Å². The molecule has 1 aromatic carbocycles. The van der Waals surface area contributed by atoms with Gasteiger partial charge >= 0.3 is 0 Å². The van der Waals surface area contributed by atoms with Crippen LogP contribution in [0.4, 0.5) is 5.69 Å². The van der Waals surface area contributed by atoms with Gasteiger partial charge < -0.3 is 5.32 Å². The van der Waals surface area contributed by atoms with E-state index in [4.69, 9.17) is 11.6 Å². The number of para-hydroxylation sites is 1. The Bertz CT molecular complexity index is 655. The molecule has 1 N–H and O–H groups in total. The van der Waals surface area contributed by atoms with Gasteiger partial charge in [-0.15, -0.1) is 0 Å². The second kappa shape index (κ2) is 6.72. The minimum atomic E-state index is -0.233. The maximum Gasteiger partial charge on any atom is 0.258 e. The number of carbonyl (C=O) groups is 1. The van der Waals surface area contributed by atoms with Crippen molar-refractivity contribution in [2.75, 3.05) is 5.32 Å². The lowest BCUT2D eigenvalue weighted by Crippen LogP contribution is -2.15. The van der Waals surface area contributed by atoms with Crippen molar-refractivity contribution in [2.24, 2.45) is 0 Å². The molecule has 0 saturated carbocycles. The number of carbonyl (C=O) groups excluding carboxylic acids is 1. The van der Waals surface area contributed by atoms with Gasteiger partial charge in [0.1, 0.15) is 0 Å². The first kappa shape index (κ1) is 15.5. The van der Waals surface area contributed by atoms with E-state index < -0.39 is 0 Å². The third-order valence-corrected chi connectivity index (χ3v) is 3.90. The fourth-order valence-electron chi connectivity index (χ4n) is 2.14. The lowest BCUT2D eigenvalue weighted by atomic mass is 9.97. The first-order chi connectivity index (χ1) is 10.0. The maximum absolute atomic E-state index is 12.4. The van der Waals surface area contributed by atoms with Crippen molar-refractivity contribution in [3.05, 3.63) is 58.4 Å². The van der Waals surface area contributed by atoms with E-state index in [0.717, 1.165) is 23.4 Å². The molecule has 4 heteroatoms. The van der Waals surface area contributed by atoms with Crippen molar-refractivity contribution in [1.29, 1.82) is 0 Å². The molecular formula is C17H19ClN2O. The number of hydrogen-bond donors (Lipinski definition) is 1. The summed E-state index contributed by atoms with van der Waals surface area (Å²) in [5.41, 5.74) is 3.14. The van der Waals surface area contributed by atoms with Gasteiger partial charge in [0, 0.05) is 17.6 Å². The second-order valence-corrected chi connectivity index (χ2v) is 5.56.